The van der Waals surface area contributed by atoms with Gasteiger partial charge in [-0.25, -0.2) is 14.3 Å². The van der Waals surface area contributed by atoms with Gasteiger partial charge in [-0.2, -0.15) is 5.10 Å². The number of benzene rings is 1. The molecule has 2 heterocycles. The lowest BCUT2D eigenvalue weighted by Gasteiger charge is -2.09. The van der Waals surface area contributed by atoms with Gasteiger partial charge < -0.3 is 9.47 Å². The molecule has 2 aromatic rings. The lowest BCUT2D eigenvalue weighted by atomic mass is 10.2. The maximum Gasteiger partial charge on any atom is 0.347 e. The van der Waals surface area contributed by atoms with Crippen molar-refractivity contribution in [1.29, 1.82) is 0 Å². The van der Waals surface area contributed by atoms with Crippen LogP contribution in [0.4, 0.5) is 0 Å². The predicted octanol–water partition coefficient (Wildman–Crippen LogP) is 2.04. The van der Waals surface area contributed by atoms with Crippen molar-refractivity contribution in [3.63, 3.8) is 0 Å². The Morgan fingerprint density at radius 2 is 2.09 bits per heavy atom. The summed E-state index contributed by atoms with van der Waals surface area (Å²) in [7, 11) is 0. The first-order valence-electron chi connectivity index (χ1n) is 7.06. The molecule has 6 nitrogen and oxygen atoms in total. The topological polar surface area (TPSA) is 70.4 Å². The first kappa shape index (κ1) is 14.3. The van der Waals surface area contributed by atoms with Crippen molar-refractivity contribution in [2.24, 2.45) is 0 Å². The highest BCUT2D eigenvalue weighted by Gasteiger charge is 2.35. The van der Waals surface area contributed by atoms with Crippen LogP contribution >= 0.6 is 0 Å². The second kappa shape index (κ2) is 5.63. The van der Waals surface area contributed by atoms with Crippen LogP contribution in [0.2, 0.25) is 0 Å². The van der Waals surface area contributed by atoms with Gasteiger partial charge in [0.05, 0.1) is 17.4 Å². The van der Waals surface area contributed by atoms with E-state index in [1.54, 1.807) is 42.1 Å². The molecule has 3 rings (SSSR count). The van der Waals surface area contributed by atoms with Crippen molar-refractivity contribution in [2.75, 3.05) is 0 Å². The third-order valence-corrected chi connectivity index (χ3v) is 3.45. The van der Waals surface area contributed by atoms with Gasteiger partial charge in [-0.1, -0.05) is 0 Å². The minimum atomic E-state index is -0.809. The number of carbonyl (C=O) groups is 2. The predicted molar refractivity (Wildman–Crippen MR) is 77.7 cm³/mol. The normalized spacial score (nSPS) is 20.7. The molecule has 1 aromatic carbocycles. The van der Waals surface area contributed by atoms with Crippen LogP contribution in [0.3, 0.4) is 0 Å². The molecule has 0 unspecified atom stereocenters. The van der Waals surface area contributed by atoms with Gasteiger partial charge in [0.1, 0.15) is 6.10 Å². The molecular weight excluding hydrogens is 284 g/mol. The molecule has 114 valence electrons. The fraction of sp³-hybridized carbons (Fsp3) is 0.312. The quantitative estimate of drug-likeness (QED) is 0.811. The van der Waals surface area contributed by atoms with Crippen molar-refractivity contribution in [2.45, 2.75) is 32.5 Å². The van der Waals surface area contributed by atoms with Gasteiger partial charge in [-0.05, 0) is 43.7 Å². The lowest BCUT2D eigenvalue weighted by Crippen LogP contribution is -2.22. The van der Waals surface area contributed by atoms with Crippen molar-refractivity contribution in [1.82, 2.24) is 9.78 Å². The summed E-state index contributed by atoms with van der Waals surface area (Å²) in [6, 6.07) is 6.86. The van der Waals surface area contributed by atoms with Crippen LogP contribution in [0.25, 0.3) is 5.69 Å². The Labute approximate surface area is 127 Å². The van der Waals surface area contributed by atoms with Gasteiger partial charge in [-0.15, -0.1) is 0 Å². The monoisotopic (exact) mass is 300 g/mol. The number of rotatable bonds is 3. The molecule has 0 bridgehead atoms. The summed E-state index contributed by atoms with van der Waals surface area (Å²) < 4.78 is 11.9. The molecule has 0 aliphatic carbocycles. The van der Waals surface area contributed by atoms with Crippen LogP contribution in [0.1, 0.15) is 29.3 Å². The molecule has 0 radical (unpaired) electrons. The zero-order valence-corrected chi connectivity index (χ0v) is 12.4. The fourth-order valence-electron chi connectivity index (χ4n) is 2.32. The van der Waals surface area contributed by atoms with Crippen LogP contribution in [-0.2, 0) is 14.3 Å². The smallest absolute Gasteiger partial charge is 0.347 e. The van der Waals surface area contributed by atoms with Crippen LogP contribution in [0, 0.1) is 6.92 Å². The van der Waals surface area contributed by atoms with Crippen LogP contribution in [0.5, 0.6) is 0 Å². The molecule has 0 amide bonds. The van der Waals surface area contributed by atoms with Gasteiger partial charge >= 0.3 is 11.9 Å². The fourth-order valence-corrected chi connectivity index (χ4v) is 2.32. The molecule has 1 fully saturated rings. The first-order chi connectivity index (χ1) is 10.5. The van der Waals surface area contributed by atoms with Crippen LogP contribution in [-0.4, -0.2) is 33.9 Å². The standard InChI is InChI=1S/C16H16N2O4/c1-10-8-17-18(9-10)13-5-3-12(4-6-13)15(19)22-14-7-11(2)21-16(14)20/h3-6,8-9,11,14H,7H2,1-2H3/t11-,14-/m0/s1. The SMILES string of the molecule is Cc1cnn(-c2ccc(C(=O)O[C@H]3C[C@H](C)OC3=O)cc2)c1. The molecule has 1 aliphatic heterocycles. The second-order valence-corrected chi connectivity index (χ2v) is 5.39. The van der Waals surface area contributed by atoms with Crippen molar-refractivity contribution in [3.8, 4) is 5.69 Å². The summed E-state index contributed by atoms with van der Waals surface area (Å²) in [5.41, 5.74) is 2.29. The van der Waals surface area contributed by atoms with Gasteiger partial charge in [0.25, 0.3) is 0 Å². The Kier molecular flexibility index (Phi) is 3.66. The zero-order valence-electron chi connectivity index (χ0n) is 12.4. The minimum absolute atomic E-state index is 0.212. The molecule has 1 aliphatic rings. The number of hydrogen-bond donors (Lipinski definition) is 0. The van der Waals surface area contributed by atoms with E-state index in [1.807, 2.05) is 13.1 Å². The second-order valence-electron chi connectivity index (χ2n) is 5.39. The molecule has 2 atom stereocenters. The average Bonchev–Trinajstić information content (AvgIpc) is 3.05. The van der Waals surface area contributed by atoms with E-state index >= 15 is 0 Å². The third kappa shape index (κ3) is 2.86. The van der Waals surface area contributed by atoms with E-state index in [2.05, 4.69) is 5.10 Å². The average molecular weight is 300 g/mol. The van der Waals surface area contributed by atoms with Gasteiger partial charge in [0, 0.05) is 12.6 Å². The Morgan fingerprint density at radius 1 is 1.36 bits per heavy atom. The summed E-state index contributed by atoms with van der Waals surface area (Å²) >= 11 is 0. The molecule has 22 heavy (non-hydrogen) atoms. The summed E-state index contributed by atoms with van der Waals surface area (Å²) in [6.45, 7) is 3.73. The number of esters is 2. The molecule has 0 N–H and O–H groups in total. The lowest BCUT2D eigenvalue weighted by molar-refractivity contribution is -0.147. The number of nitrogens with zero attached hydrogens (tertiary/aromatic N) is 2. The molecule has 0 spiro atoms. The first-order valence-corrected chi connectivity index (χ1v) is 7.06. The number of carbonyl (C=O) groups excluding carboxylic acids is 2. The number of aryl methyl sites for hydroxylation is 1. The maximum absolute atomic E-state index is 12.1. The molecule has 0 saturated carbocycles. The molecular formula is C16H16N2O4. The van der Waals surface area contributed by atoms with Crippen molar-refractivity contribution in [3.05, 3.63) is 47.8 Å². The third-order valence-electron chi connectivity index (χ3n) is 3.45. The summed E-state index contributed by atoms with van der Waals surface area (Å²) in [5, 5.41) is 4.20. The van der Waals surface area contributed by atoms with Gasteiger partial charge in [-0.3, -0.25) is 0 Å². The maximum atomic E-state index is 12.1. The van der Waals surface area contributed by atoms with E-state index in [1.165, 1.54) is 0 Å². The van der Waals surface area contributed by atoms with E-state index in [-0.39, 0.29) is 6.10 Å². The molecule has 1 aromatic heterocycles. The Balaban J connectivity index is 1.70. The highest BCUT2D eigenvalue weighted by molar-refractivity contribution is 5.92. The summed E-state index contributed by atoms with van der Waals surface area (Å²) in [4.78, 5) is 23.5. The minimum Gasteiger partial charge on any atom is -0.460 e. The zero-order chi connectivity index (χ0) is 15.7. The van der Waals surface area contributed by atoms with Crippen molar-refractivity contribution >= 4 is 11.9 Å². The number of aromatic nitrogens is 2. The molecule has 6 heteroatoms. The highest BCUT2D eigenvalue weighted by Crippen LogP contribution is 2.19. The van der Waals surface area contributed by atoms with E-state index < -0.39 is 18.0 Å². The number of cyclic esters (lactones) is 1. The van der Waals surface area contributed by atoms with Crippen LogP contribution in [0.15, 0.2) is 36.7 Å². The number of ether oxygens (including phenoxy) is 2. The van der Waals surface area contributed by atoms with E-state index in [0.29, 0.717) is 12.0 Å². The van der Waals surface area contributed by atoms with Crippen LogP contribution < -0.4 is 0 Å². The van der Waals surface area contributed by atoms with Gasteiger partial charge in [0.2, 0.25) is 6.10 Å². The largest absolute Gasteiger partial charge is 0.460 e. The Bertz CT molecular complexity index is 705. The number of hydrogen-bond acceptors (Lipinski definition) is 5. The summed E-state index contributed by atoms with van der Waals surface area (Å²) in [5.74, 6) is -1.01. The van der Waals surface area contributed by atoms with Gasteiger partial charge in [0.15, 0.2) is 0 Å². The van der Waals surface area contributed by atoms with Crippen molar-refractivity contribution < 1.29 is 19.1 Å². The Hall–Kier alpha value is -2.63. The summed E-state index contributed by atoms with van der Waals surface area (Å²) in [6.07, 6.45) is 3.03. The van der Waals surface area contributed by atoms with E-state index in [4.69, 9.17) is 9.47 Å². The highest BCUT2D eigenvalue weighted by atomic mass is 16.6. The van der Waals surface area contributed by atoms with E-state index in [0.717, 1.165) is 11.3 Å². The molecule has 1 saturated heterocycles. The Morgan fingerprint density at radius 3 is 2.64 bits per heavy atom. The van der Waals surface area contributed by atoms with E-state index in [9.17, 15) is 9.59 Å².